The van der Waals surface area contributed by atoms with Gasteiger partial charge in [-0.3, -0.25) is 0 Å². The Hall–Kier alpha value is -0.650. The van der Waals surface area contributed by atoms with Gasteiger partial charge in [-0.1, -0.05) is 28.1 Å². The minimum Gasteiger partial charge on any atom is -0.493 e. The first-order valence-corrected chi connectivity index (χ1v) is 7.67. The molecule has 4 rings (SSSR count). The Morgan fingerprint density at radius 1 is 1.26 bits per heavy atom. The van der Waals surface area contributed by atoms with Gasteiger partial charge in [0.1, 0.15) is 10.7 Å². The standard InChI is InChI=1S/C14H14BrNO2S/c15-9-1-2-11-10(5-9)14(8-17-6-12(19)16-14)13(3-4-13)7-18-11/h1-2,5H,3-4,6-8H2,(H,16,19). The van der Waals surface area contributed by atoms with E-state index < -0.39 is 0 Å². The molecule has 1 aromatic rings. The van der Waals surface area contributed by atoms with Gasteiger partial charge in [-0.05, 0) is 31.0 Å². The van der Waals surface area contributed by atoms with Crippen LogP contribution >= 0.6 is 28.1 Å². The first-order valence-electron chi connectivity index (χ1n) is 6.47. The van der Waals surface area contributed by atoms with Gasteiger partial charge in [0.25, 0.3) is 0 Å². The summed E-state index contributed by atoms with van der Waals surface area (Å²) in [5.74, 6) is 0.946. The van der Waals surface area contributed by atoms with Crippen LogP contribution in [0.15, 0.2) is 22.7 Å². The lowest BCUT2D eigenvalue weighted by Gasteiger charge is -2.49. The fourth-order valence-electron chi connectivity index (χ4n) is 3.35. The molecule has 5 heteroatoms. The van der Waals surface area contributed by atoms with Crippen molar-refractivity contribution in [2.45, 2.75) is 18.4 Å². The van der Waals surface area contributed by atoms with Crippen LogP contribution in [0.4, 0.5) is 0 Å². The molecule has 0 radical (unpaired) electrons. The van der Waals surface area contributed by atoms with Crippen LogP contribution in [-0.2, 0) is 10.3 Å². The Bertz CT molecular complexity index is 573. The third-order valence-corrected chi connectivity index (χ3v) is 5.28. The fraction of sp³-hybridized carbons (Fsp3) is 0.500. The van der Waals surface area contributed by atoms with Crippen molar-refractivity contribution in [3.63, 3.8) is 0 Å². The van der Waals surface area contributed by atoms with E-state index in [9.17, 15) is 0 Å². The Balaban J connectivity index is 1.91. The lowest BCUT2D eigenvalue weighted by atomic mass is 9.73. The highest BCUT2D eigenvalue weighted by Gasteiger charge is 2.64. The average Bonchev–Trinajstić information content (AvgIpc) is 3.17. The summed E-state index contributed by atoms with van der Waals surface area (Å²) in [6.07, 6.45) is 2.33. The van der Waals surface area contributed by atoms with Crippen molar-refractivity contribution in [1.29, 1.82) is 0 Å². The van der Waals surface area contributed by atoms with Crippen molar-refractivity contribution in [2.75, 3.05) is 19.8 Å². The topological polar surface area (TPSA) is 30.5 Å². The number of hydrogen-bond donors (Lipinski definition) is 1. The van der Waals surface area contributed by atoms with Gasteiger partial charge in [-0.25, -0.2) is 0 Å². The first kappa shape index (κ1) is 12.1. The van der Waals surface area contributed by atoms with Crippen molar-refractivity contribution < 1.29 is 9.47 Å². The van der Waals surface area contributed by atoms with E-state index in [4.69, 9.17) is 21.7 Å². The second-order valence-corrected chi connectivity index (χ2v) is 7.06. The minimum atomic E-state index is -0.209. The van der Waals surface area contributed by atoms with Crippen LogP contribution < -0.4 is 10.1 Å². The van der Waals surface area contributed by atoms with Gasteiger partial charge in [0, 0.05) is 15.5 Å². The zero-order valence-electron chi connectivity index (χ0n) is 10.4. The van der Waals surface area contributed by atoms with Crippen molar-refractivity contribution >= 4 is 33.1 Å². The molecule has 0 amide bonds. The van der Waals surface area contributed by atoms with E-state index in [1.165, 1.54) is 5.56 Å². The molecule has 1 saturated heterocycles. The number of nitrogens with one attached hydrogen (secondary N) is 1. The van der Waals surface area contributed by atoms with Gasteiger partial charge >= 0.3 is 0 Å². The summed E-state index contributed by atoms with van der Waals surface area (Å²) in [7, 11) is 0. The number of ether oxygens (including phenoxy) is 2. The summed E-state index contributed by atoms with van der Waals surface area (Å²) in [5, 5.41) is 3.57. The molecule has 2 spiro atoms. The second-order valence-electron chi connectivity index (χ2n) is 5.66. The normalized spacial score (nSPS) is 30.7. The number of fused-ring (bicyclic) bond motifs is 3. The molecule has 3 nitrogen and oxygen atoms in total. The zero-order chi connectivity index (χ0) is 13.1. The number of rotatable bonds is 0. The van der Waals surface area contributed by atoms with E-state index in [1.807, 2.05) is 12.1 Å². The van der Waals surface area contributed by atoms with E-state index in [1.54, 1.807) is 0 Å². The monoisotopic (exact) mass is 339 g/mol. The average molecular weight is 340 g/mol. The predicted octanol–water partition coefficient (Wildman–Crippen LogP) is 2.76. The number of hydrogen-bond acceptors (Lipinski definition) is 3. The molecule has 1 atom stereocenters. The summed E-state index contributed by atoms with van der Waals surface area (Å²) in [6, 6.07) is 6.17. The SMILES string of the molecule is S=C1COCC2(N1)c1cc(Br)ccc1OCC21CC1. The van der Waals surface area contributed by atoms with Gasteiger partial charge in [0.05, 0.1) is 25.4 Å². The molecular formula is C14H14BrNO2S. The fourth-order valence-corrected chi connectivity index (χ4v) is 3.96. The van der Waals surface area contributed by atoms with Crippen molar-refractivity contribution in [3.05, 3.63) is 28.2 Å². The Morgan fingerprint density at radius 2 is 2.11 bits per heavy atom. The molecule has 2 aliphatic heterocycles. The van der Waals surface area contributed by atoms with E-state index in [0.29, 0.717) is 13.2 Å². The number of halogens is 1. The highest BCUT2D eigenvalue weighted by Crippen LogP contribution is 2.62. The first-order chi connectivity index (χ1) is 9.15. The van der Waals surface area contributed by atoms with E-state index in [0.717, 1.165) is 34.7 Å². The van der Waals surface area contributed by atoms with Crippen molar-refractivity contribution in [2.24, 2.45) is 5.41 Å². The molecule has 3 aliphatic rings. The van der Waals surface area contributed by atoms with Crippen LogP contribution in [0.1, 0.15) is 18.4 Å². The highest BCUT2D eigenvalue weighted by atomic mass is 79.9. The van der Waals surface area contributed by atoms with E-state index in [-0.39, 0.29) is 11.0 Å². The van der Waals surface area contributed by atoms with Crippen molar-refractivity contribution in [3.8, 4) is 5.75 Å². The quantitative estimate of drug-likeness (QED) is 0.736. The summed E-state index contributed by atoms with van der Waals surface area (Å²) < 4.78 is 12.8. The summed E-state index contributed by atoms with van der Waals surface area (Å²) in [5.41, 5.74) is 1.11. The molecule has 1 aromatic carbocycles. The van der Waals surface area contributed by atoms with Gasteiger partial charge in [0.15, 0.2) is 0 Å². The van der Waals surface area contributed by atoms with Crippen LogP contribution in [0.5, 0.6) is 5.75 Å². The number of thiocarbonyl (C=S) groups is 1. The maximum Gasteiger partial charge on any atom is 0.125 e. The van der Waals surface area contributed by atoms with Crippen LogP contribution in [0, 0.1) is 5.41 Å². The van der Waals surface area contributed by atoms with Crippen molar-refractivity contribution in [1.82, 2.24) is 5.32 Å². The van der Waals surface area contributed by atoms with Crippen LogP contribution in [0.2, 0.25) is 0 Å². The lowest BCUT2D eigenvalue weighted by molar-refractivity contribution is -0.00106. The molecule has 1 aliphatic carbocycles. The summed E-state index contributed by atoms with van der Waals surface area (Å²) >= 11 is 8.92. The van der Waals surface area contributed by atoms with Gasteiger partial charge in [-0.15, -0.1) is 0 Å². The molecule has 100 valence electrons. The Labute approximate surface area is 125 Å². The molecule has 1 saturated carbocycles. The zero-order valence-corrected chi connectivity index (χ0v) is 12.8. The predicted molar refractivity (Wildman–Crippen MR) is 79.5 cm³/mol. The largest absolute Gasteiger partial charge is 0.493 e. The minimum absolute atomic E-state index is 0.144. The number of morpholine rings is 1. The second kappa shape index (κ2) is 3.93. The molecule has 19 heavy (non-hydrogen) atoms. The molecule has 1 unspecified atom stereocenters. The number of benzene rings is 1. The highest BCUT2D eigenvalue weighted by molar-refractivity contribution is 9.10. The van der Waals surface area contributed by atoms with Gasteiger partial charge in [0.2, 0.25) is 0 Å². The molecule has 2 heterocycles. The Morgan fingerprint density at radius 3 is 2.84 bits per heavy atom. The smallest absolute Gasteiger partial charge is 0.125 e. The van der Waals surface area contributed by atoms with E-state index in [2.05, 4.69) is 27.3 Å². The summed E-state index contributed by atoms with van der Waals surface area (Å²) in [6.45, 7) is 1.94. The maximum atomic E-state index is 5.96. The molecule has 2 fully saturated rings. The summed E-state index contributed by atoms with van der Waals surface area (Å²) in [4.78, 5) is 0.797. The van der Waals surface area contributed by atoms with Crippen LogP contribution in [0.25, 0.3) is 0 Å². The molecule has 0 aromatic heterocycles. The van der Waals surface area contributed by atoms with Crippen LogP contribution in [-0.4, -0.2) is 24.8 Å². The third kappa shape index (κ3) is 1.61. The lowest BCUT2D eigenvalue weighted by Crippen LogP contribution is -2.62. The van der Waals surface area contributed by atoms with E-state index >= 15 is 0 Å². The third-order valence-electron chi connectivity index (χ3n) is 4.57. The molecule has 0 bridgehead atoms. The Kier molecular flexibility index (Phi) is 2.51. The molecular weight excluding hydrogens is 326 g/mol. The molecule has 1 N–H and O–H groups in total. The van der Waals surface area contributed by atoms with Gasteiger partial charge < -0.3 is 14.8 Å². The van der Waals surface area contributed by atoms with Crippen LogP contribution in [0.3, 0.4) is 0 Å². The maximum absolute atomic E-state index is 5.96. The van der Waals surface area contributed by atoms with Gasteiger partial charge in [-0.2, -0.15) is 0 Å².